The molecule has 17 heavy (non-hydrogen) atoms. The van der Waals surface area contributed by atoms with E-state index in [1.807, 2.05) is 0 Å². The molecule has 2 nitrogen and oxygen atoms in total. The summed E-state index contributed by atoms with van der Waals surface area (Å²) in [5, 5.41) is 5.73. The maximum atomic E-state index is 5.85. The Morgan fingerprint density at radius 2 is 1.88 bits per heavy atom. The van der Waals surface area contributed by atoms with Crippen molar-refractivity contribution in [3.63, 3.8) is 0 Å². The highest BCUT2D eigenvalue weighted by Gasteiger charge is 2.19. The molecule has 0 fully saturated rings. The van der Waals surface area contributed by atoms with Crippen LogP contribution in [0.25, 0.3) is 0 Å². The molecule has 98 valence electrons. The van der Waals surface area contributed by atoms with Crippen LogP contribution < -0.4 is 11.1 Å². The van der Waals surface area contributed by atoms with E-state index in [0.717, 1.165) is 6.54 Å². The van der Waals surface area contributed by atoms with Crippen molar-refractivity contribution in [2.75, 3.05) is 13.1 Å². The van der Waals surface area contributed by atoms with Crippen LogP contribution in [0.15, 0.2) is 17.5 Å². The highest BCUT2D eigenvalue weighted by Crippen LogP contribution is 2.22. The summed E-state index contributed by atoms with van der Waals surface area (Å²) >= 11 is 1.78. The van der Waals surface area contributed by atoms with E-state index >= 15 is 0 Å². The van der Waals surface area contributed by atoms with E-state index in [9.17, 15) is 0 Å². The van der Waals surface area contributed by atoms with Crippen LogP contribution in [0.2, 0.25) is 0 Å². The fourth-order valence-corrected chi connectivity index (χ4v) is 3.12. The third-order valence-electron chi connectivity index (χ3n) is 3.43. The molecule has 0 aliphatic rings. The number of hydrogen-bond donors (Lipinski definition) is 2. The summed E-state index contributed by atoms with van der Waals surface area (Å²) in [4.78, 5) is 1.35. The molecule has 0 saturated carbocycles. The standard InChI is InChI=1S/C14H26N2S/c1-10(2)12(11(3)4)9-16-13(8-15)14-6-5-7-17-14/h5-7,10-13,16H,8-9,15H2,1-4H3. The lowest BCUT2D eigenvalue weighted by Gasteiger charge is -2.27. The number of rotatable bonds is 7. The second-order valence-corrected chi connectivity index (χ2v) is 6.34. The fourth-order valence-electron chi connectivity index (χ4n) is 2.31. The number of nitrogens with two attached hydrogens (primary N) is 1. The second-order valence-electron chi connectivity index (χ2n) is 5.36. The lowest BCUT2D eigenvalue weighted by atomic mass is 9.85. The maximum absolute atomic E-state index is 5.85. The highest BCUT2D eigenvalue weighted by atomic mass is 32.1. The Morgan fingerprint density at radius 1 is 1.24 bits per heavy atom. The molecular formula is C14H26N2S. The van der Waals surface area contributed by atoms with Gasteiger partial charge in [0.1, 0.15) is 0 Å². The molecule has 1 atom stereocenters. The minimum absolute atomic E-state index is 0.315. The van der Waals surface area contributed by atoms with Crippen LogP contribution in [-0.4, -0.2) is 13.1 Å². The molecule has 0 bridgehead atoms. The highest BCUT2D eigenvalue weighted by molar-refractivity contribution is 7.10. The minimum atomic E-state index is 0.315. The number of thiophene rings is 1. The molecule has 1 heterocycles. The summed E-state index contributed by atoms with van der Waals surface area (Å²) in [6.07, 6.45) is 0. The second kappa shape index (κ2) is 7.14. The van der Waals surface area contributed by atoms with E-state index in [1.54, 1.807) is 11.3 Å². The van der Waals surface area contributed by atoms with Gasteiger partial charge in [-0.25, -0.2) is 0 Å². The largest absolute Gasteiger partial charge is 0.329 e. The average molecular weight is 254 g/mol. The summed E-state index contributed by atoms with van der Waals surface area (Å²) in [7, 11) is 0. The Bertz CT molecular complexity index is 285. The molecule has 0 spiro atoms. The van der Waals surface area contributed by atoms with Gasteiger partial charge in [-0.1, -0.05) is 33.8 Å². The van der Waals surface area contributed by atoms with E-state index in [1.165, 1.54) is 4.88 Å². The molecule has 1 aromatic rings. The van der Waals surface area contributed by atoms with Crippen LogP contribution in [0, 0.1) is 17.8 Å². The van der Waals surface area contributed by atoms with Gasteiger partial charge in [-0.2, -0.15) is 0 Å². The molecule has 0 aromatic carbocycles. The molecule has 1 unspecified atom stereocenters. The zero-order valence-electron chi connectivity index (χ0n) is 11.4. The molecule has 3 heteroatoms. The molecule has 0 radical (unpaired) electrons. The van der Waals surface area contributed by atoms with Crippen LogP contribution in [0.5, 0.6) is 0 Å². The molecule has 0 saturated heterocycles. The lowest BCUT2D eigenvalue weighted by Crippen LogP contribution is -2.35. The van der Waals surface area contributed by atoms with Crippen LogP contribution in [-0.2, 0) is 0 Å². The molecule has 3 N–H and O–H groups in total. The van der Waals surface area contributed by atoms with Crippen LogP contribution in [0.1, 0.15) is 38.6 Å². The zero-order chi connectivity index (χ0) is 12.8. The van der Waals surface area contributed by atoms with Crippen molar-refractivity contribution in [1.82, 2.24) is 5.32 Å². The number of hydrogen-bond acceptors (Lipinski definition) is 3. The van der Waals surface area contributed by atoms with Crippen molar-refractivity contribution >= 4 is 11.3 Å². The summed E-state index contributed by atoms with van der Waals surface area (Å²) in [6.45, 7) is 10.9. The van der Waals surface area contributed by atoms with Gasteiger partial charge < -0.3 is 11.1 Å². The third-order valence-corrected chi connectivity index (χ3v) is 4.42. The predicted molar refractivity (Wildman–Crippen MR) is 77.3 cm³/mol. The van der Waals surface area contributed by atoms with Gasteiger partial charge in [0, 0.05) is 11.4 Å². The summed E-state index contributed by atoms with van der Waals surface area (Å²) in [5.74, 6) is 2.14. The Morgan fingerprint density at radius 3 is 2.29 bits per heavy atom. The van der Waals surface area contributed by atoms with Crippen molar-refractivity contribution in [2.24, 2.45) is 23.5 Å². The van der Waals surface area contributed by atoms with Crippen molar-refractivity contribution in [3.05, 3.63) is 22.4 Å². The average Bonchev–Trinajstić information content (AvgIpc) is 2.76. The van der Waals surface area contributed by atoms with E-state index in [0.29, 0.717) is 30.3 Å². The van der Waals surface area contributed by atoms with Gasteiger partial charge in [0.05, 0.1) is 6.04 Å². The van der Waals surface area contributed by atoms with E-state index in [2.05, 4.69) is 50.5 Å². The molecule has 1 rings (SSSR count). The Balaban J connectivity index is 2.52. The smallest absolute Gasteiger partial charge is 0.0539 e. The zero-order valence-corrected chi connectivity index (χ0v) is 12.3. The van der Waals surface area contributed by atoms with E-state index < -0.39 is 0 Å². The first-order chi connectivity index (χ1) is 8.06. The first kappa shape index (κ1) is 14.7. The normalized spacial score (nSPS) is 13.9. The molecule has 0 aliphatic carbocycles. The number of nitrogens with one attached hydrogen (secondary N) is 1. The van der Waals surface area contributed by atoms with Gasteiger partial charge in [0.25, 0.3) is 0 Å². The monoisotopic (exact) mass is 254 g/mol. The Kier molecular flexibility index (Phi) is 6.17. The van der Waals surface area contributed by atoms with Crippen molar-refractivity contribution in [2.45, 2.75) is 33.7 Å². The van der Waals surface area contributed by atoms with Gasteiger partial charge in [-0.15, -0.1) is 11.3 Å². The SMILES string of the molecule is CC(C)C(CNC(CN)c1cccs1)C(C)C. The molecule has 0 amide bonds. The third kappa shape index (κ3) is 4.41. The topological polar surface area (TPSA) is 38.0 Å². The van der Waals surface area contributed by atoms with Crippen molar-refractivity contribution in [1.29, 1.82) is 0 Å². The summed E-state index contributed by atoms with van der Waals surface area (Å²) < 4.78 is 0. The van der Waals surface area contributed by atoms with Crippen molar-refractivity contribution in [3.8, 4) is 0 Å². The van der Waals surface area contributed by atoms with Gasteiger partial charge >= 0.3 is 0 Å². The van der Waals surface area contributed by atoms with Gasteiger partial charge in [0.2, 0.25) is 0 Å². The van der Waals surface area contributed by atoms with E-state index in [4.69, 9.17) is 5.73 Å². The summed E-state index contributed by atoms with van der Waals surface area (Å²) in [6, 6.07) is 4.57. The molecular weight excluding hydrogens is 228 g/mol. The lowest BCUT2D eigenvalue weighted by molar-refractivity contribution is 0.267. The van der Waals surface area contributed by atoms with Crippen LogP contribution >= 0.6 is 11.3 Å². The van der Waals surface area contributed by atoms with Crippen LogP contribution in [0.3, 0.4) is 0 Å². The molecule has 0 aliphatic heterocycles. The quantitative estimate of drug-likeness (QED) is 0.784. The summed E-state index contributed by atoms with van der Waals surface area (Å²) in [5.41, 5.74) is 5.85. The maximum Gasteiger partial charge on any atom is 0.0539 e. The first-order valence-electron chi connectivity index (χ1n) is 6.53. The Hall–Kier alpha value is -0.380. The first-order valence-corrected chi connectivity index (χ1v) is 7.41. The van der Waals surface area contributed by atoms with Gasteiger partial charge in [0.15, 0.2) is 0 Å². The minimum Gasteiger partial charge on any atom is -0.329 e. The fraction of sp³-hybridized carbons (Fsp3) is 0.714. The molecule has 1 aromatic heterocycles. The van der Waals surface area contributed by atoms with E-state index in [-0.39, 0.29) is 0 Å². The predicted octanol–water partition coefficient (Wildman–Crippen LogP) is 3.27. The van der Waals surface area contributed by atoms with Crippen LogP contribution in [0.4, 0.5) is 0 Å². The van der Waals surface area contributed by atoms with Gasteiger partial charge in [-0.3, -0.25) is 0 Å². The van der Waals surface area contributed by atoms with Crippen molar-refractivity contribution < 1.29 is 0 Å². The van der Waals surface area contributed by atoms with Gasteiger partial charge in [-0.05, 0) is 35.7 Å². The Labute approximate surface area is 110 Å².